The molecule has 0 radical (unpaired) electrons. The highest BCUT2D eigenvalue weighted by atomic mass is 16.6. The van der Waals surface area contributed by atoms with Gasteiger partial charge in [0.05, 0.1) is 16.0 Å². The number of hydrogen-bond acceptors (Lipinski definition) is 6. The summed E-state index contributed by atoms with van der Waals surface area (Å²) in [6.45, 7) is 5.59. The molecule has 1 aliphatic heterocycles. The van der Waals surface area contributed by atoms with E-state index in [0.29, 0.717) is 22.9 Å². The topological polar surface area (TPSA) is 107 Å². The number of amides is 1. The standard InChI is InChI=1S/C20H22N4O4/c1-19(2,3)28-18(25)21-12-10-20(9-6-11-23-20)17-14-7-4-5-8-15(14)22-13-16(17)24(26)27/h4-9,11,13H,10,12H2,1-3H3,(H,21,25). The van der Waals surface area contributed by atoms with Crippen molar-refractivity contribution in [3.05, 3.63) is 58.3 Å². The molecular weight excluding hydrogens is 360 g/mol. The first kappa shape index (κ1) is 19.5. The van der Waals surface area contributed by atoms with Gasteiger partial charge < -0.3 is 10.1 Å². The van der Waals surface area contributed by atoms with Gasteiger partial charge in [-0.25, -0.2) is 9.78 Å². The number of nitrogens with one attached hydrogen (secondary N) is 1. The molecule has 0 saturated carbocycles. The first-order valence-electron chi connectivity index (χ1n) is 8.94. The Morgan fingerprint density at radius 3 is 2.71 bits per heavy atom. The van der Waals surface area contributed by atoms with Crippen LogP contribution in [-0.4, -0.2) is 34.4 Å². The fourth-order valence-corrected chi connectivity index (χ4v) is 3.24. The van der Waals surface area contributed by atoms with Crippen LogP contribution in [0.5, 0.6) is 0 Å². The lowest BCUT2D eigenvalue weighted by Crippen LogP contribution is -2.35. The summed E-state index contributed by atoms with van der Waals surface area (Å²) in [5.41, 5.74) is -0.537. The number of nitrogens with zero attached hydrogens (tertiary/aromatic N) is 3. The lowest BCUT2D eigenvalue weighted by Gasteiger charge is -2.26. The van der Waals surface area contributed by atoms with Gasteiger partial charge in [-0.2, -0.15) is 0 Å². The predicted octanol–water partition coefficient (Wildman–Crippen LogP) is 3.89. The Hall–Kier alpha value is -3.29. The van der Waals surface area contributed by atoms with Crippen LogP contribution in [0.2, 0.25) is 0 Å². The largest absolute Gasteiger partial charge is 0.444 e. The molecule has 0 spiro atoms. The second-order valence-corrected chi connectivity index (χ2v) is 7.53. The first-order valence-corrected chi connectivity index (χ1v) is 8.94. The summed E-state index contributed by atoms with van der Waals surface area (Å²) in [6.07, 6.45) is 6.26. The summed E-state index contributed by atoms with van der Waals surface area (Å²) < 4.78 is 5.25. The molecule has 1 unspecified atom stereocenters. The van der Waals surface area contributed by atoms with Crippen LogP contribution in [-0.2, 0) is 10.3 Å². The maximum atomic E-state index is 12.0. The van der Waals surface area contributed by atoms with E-state index in [-0.39, 0.29) is 12.2 Å². The van der Waals surface area contributed by atoms with Crippen molar-refractivity contribution in [3.8, 4) is 0 Å². The van der Waals surface area contributed by atoms with Gasteiger partial charge in [0, 0.05) is 18.1 Å². The molecule has 1 aromatic carbocycles. The van der Waals surface area contributed by atoms with Crippen LogP contribution < -0.4 is 5.32 Å². The molecule has 2 heterocycles. The quantitative estimate of drug-likeness (QED) is 0.623. The fraction of sp³-hybridized carbons (Fsp3) is 0.350. The molecule has 0 fully saturated rings. The van der Waals surface area contributed by atoms with Crippen LogP contribution in [0.25, 0.3) is 10.9 Å². The number of pyridine rings is 1. The van der Waals surface area contributed by atoms with Gasteiger partial charge in [0.1, 0.15) is 17.3 Å². The van der Waals surface area contributed by atoms with Crippen molar-refractivity contribution >= 4 is 28.9 Å². The smallest absolute Gasteiger partial charge is 0.407 e. The number of hydrogen-bond donors (Lipinski definition) is 1. The van der Waals surface area contributed by atoms with Crippen molar-refractivity contribution < 1.29 is 14.5 Å². The lowest BCUT2D eigenvalue weighted by atomic mass is 9.84. The number of nitro groups is 1. The van der Waals surface area contributed by atoms with E-state index in [1.807, 2.05) is 18.2 Å². The summed E-state index contributed by atoms with van der Waals surface area (Å²) in [7, 11) is 0. The zero-order chi connectivity index (χ0) is 20.4. The van der Waals surface area contributed by atoms with Crippen LogP contribution in [0.1, 0.15) is 32.8 Å². The third-order valence-corrected chi connectivity index (χ3v) is 4.32. The highest BCUT2D eigenvalue weighted by Crippen LogP contribution is 2.42. The monoisotopic (exact) mass is 382 g/mol. The van der Waals surface area contributed by atoms with Gasteiger partial charge in [-0.1, -0.05) is 24.3 Å². The second kappa shape index (κ2) is 7.38. The Morgan fingerprint density at radius 2 is 2.07 bits per heavy atom. The summed E-state index contributed by atoms with van der Waals surface area (Å²) in [5, 5.41) is 15.1. The number of alkyl carbamates (subject to hydrolysis) is 1. The predicted molar refractivity (Wildman–Crippen MR) is 107 cm³/mol. The van der Waals surface area contributed by atoms with Gasteiger partial charge in [-0.15, -0.1) is 0 Å². The molecule has 3 rings (SSSR count). The van der Waals surface area contributed by atoms with Gasteiger partial charge in [-0.05, 0) is 39.3 Å². The molecule has 8 heteroatoms. The normalized spacial score (nSPS) is 18.4. The molecule has 1 atom stereocenters. The van der Waals surface area contributed by atoms with Crippen LogP contribution in [0.3, 0.4) is 0 Å². The van der Waals surface area contributed by atoms with Gasteiger partial charge in [0.15, 0.2) is 0 Å². The van der Waals surface area contributed by atoms with Crippen LogP contribution in [0, 0.1) is 10.1 Å². The second-order valence-electron chi connectivity index (χ2n) is 7.53. The minimum Gasteiger partial charge on any atom is -0.444 e. The zero-order valence-corrected chi connectivity index (χ0v) is 16.0. The van der Waals surface area contributed by atoms with E-state index in [1.165, 1.54) is 6.20 Å². The number of benzene rings is 1. The number of fused-ring (bicyclic) bond motifs is 1. The van der Waals surface area contributed by atoms with Crippen molar-refractivity contribution in [3.63, 3.8) is 0 Å². The number of carbonyl (C=O) groups excluding carboxylic acids is 1. The number of ether oxygens (including phenoxy) is 1. The summed E-state index contributed by atoms with van der Waals surface area (Å²) in [6, 6.07) is 7.24. The van der Waals surface area contributed by atoms with E-state index in [9.17, 15) is 14.9 Å². The molecule has 1 N–H and O–H groups in total. The third-order valence-electron chi connectivity index (χ3n) is 4.32. The summed E-state index contributed by atoms with van der Waals surface area (Å²) in [4.78, 5) is 32.0. The molecule has 0 saturated heterocycles. The first-order chi connectivity index (χ1) is 13.2. The number of allylic oxidation sites excluding steroid dienone is 1. The summed E-state index contributed by atoms with van der Waals surface area (Å²) in [5.74, 6) is 0. The van der Waals surface area contributed by atoms with Crippen LogP contribution in [0.15, 0.2) is 47.6 Å². The lowest BCUT2D eigenvalue weighted by molar-refractivity contribution is -0.386. The van der Waals surface area contributed by atoms with Crippen molar-refractivity contribution in [1.82, 2.24) is 10.3 Å². The average Bonchev–Trinajstić information content (AvgIpc) is 3.08. The van der Waals surface area contributed by atoms with E-state index < -0.39 is 22.2 Å². The highest BCUT2D eigenvalue weighted by Gasteiger charge is 2.38. The highest BCUT2D eigenvalue weighted by molar-refractivity contribution is 5.88. The number of carbonyl (C=O) groups is 1. The maximum absolute atomic E-state index is 12.0. The van der Waals surface area contributed by atoms with Gasteiger partial charge in [0.25, 0.3) is 5.69 Å². The molecule has 2 aromatic rings. The van der Waals surface area contributed by atoms with Crippen LogP contribution in [0.4, 0.5) is 10.5 Å². The SMILES string of the molecule is CC(C)(C)OC(=O)NCCC1(c2c([N+](=O)[O-])cnc3ccccc23)C=CC=N1. The van der Waals surface area contributed by atoms with Crippen molar-refractivity contribution in [2.45, 2.75) is 38.3 Å². The minimum absolute atomic E-state index is 0.0975. The van der Waals surface area contributed by atoms with Crippen molar-refractivity contribution in [1.29, 1.82) is 0 Å². The third kappa shape index (κ3) is 4.00. The van der Waals surface area contributed by atoms with E-state index in [0.717, 1.165) is 0 Å². The molecule has 1 amide bonds. The molecule has 146 valence electrons. The maximum Gasteiger partial charge on any atom is 0.407 e. The Bertz CT molecular complexity index is 964. The Balaban J connectivity index is 1.96. The number of para-hydroxylation sites is 1. The molecular formula is C20H22N4O4. The number of aromatic nitrogens is 1. The van der Waals surface area contributed by atoms with Crippen molar-refractivity contribution in [2.75, 3.05) is 6.54 Å². The number of rotatable bonds is 5. The van der Waals surface area contributed by atoms with E-state index in [4.69, 9.17) is 4.74 Å². The van der Waals surface area contributed by atoms with Gasteiger partial charge in [0.2, 0.25) is 0 Å². The Kier molecular flexibility index (Phi) is 5.13. The van der Waals surface area contributed by atoms with Crippen molar-refractivity contribution in [2.24, 2.45) is 4.99 Å². The van der Waals surface area contributed by atoms with E-state index in [1.54, 1.807) is 45.2 Å². The molecule has 8 nitrogen and oxygen atoms in total. The van der Waals surface area contributed by atoms with Gasteiger partial charge >= 0.3 is 6.09 Å². The molecule has 1 aromatic heterocycles. The van der Waals surface area contributed by atoms with Crippen LogP contribution >= 0.6 is 0 Å². The van der Waals surface area contributed by atoms with E-state index in [2.05, 4.69) is 15.3 Å². The number of aliphatic imine (C=N–C) groups is 1. The average molecular weight is 382 g/mol. The molecule has 28 heavy (non-hydrogen) atoms. The minimum atomic E-state index is -0.958. The Morgan fingerprint density at radius 1 is 1.32 bits per heavy atom. The zero-order valence-electron chi connectivity index (χ0n) is 16.0. The molecule has 1 aliphatic rings. The summed E-state index contributed by atoms with van der Waals surface area (Å²) >= 11 is 0. The fourth-order valence-electron chi connectivity index (χ4n) is 3.24. The van der Waals surface area contributed by atoms with Gasteiger partial charge in [-0.3, -0.25) is 15.1 Å². The molecule has 0 bridgehead atoms. The molecule has 0 aliphatic carbocycles. The van der Waals surface area contributed by atoms with E-state index >= 15 is 0 Å². The Labute approximate surface area is 162 Å².